The van der Waals surface area contributed by atoms with Gasteiger partial charge in [0.2, 0.25) is 0 Å². The van der Waals surface area contributed by atoms with E-state index in [0.29, 0.717) is 22.9 Å². The Labute approximate surface area is 122 Å². The van der Waals surface area contributed by atoms with Gasteiger partial charge in [-0.05, 0) is 24.1 Å². The highest BCUT2D eigenvalue weighted by molar-refractivity contribution is 6.33. The molecule has 0 radical (unpaired) electrons. The number of amides is 1. The molecule has 0 aliphatic carbocycles. The molecule has 0 fully saturated rings. The minimum absolute atomic E-state index is 0.189. The number of nitrogens with one attached hydrogen (secondary N) is 2. The van der Waals surface area contributed by atoms with Gasteiger partial charge >= 0.3 is 0 Å². The molecule has 2 aromatic rings. The Bertz CT molecular complexity index is 589. The number of aromatic nitrogens is 2. The van der Waals surface area contributed by atoms with Crippen molar-refractivity contribution >= 4 is 23.3 Å². The fourth-order valence-corrected chi connectivity index (χ4v) is 1.98. The van der Waals surface area contributed by atoms with E-state index in [0.717, 1.165) is 12.0 Å². The molecule has 0 saturated carbocycles. The maximum absolute atomic E-state index is 11.9. The highest BCUT2D eigenvalue weighted by atomic mass is 35.5. The number of carbonyl (C=O) groups excluding carboxylic acids is 1. The van der Waals surface area contributed by atoms with Crippen LogP contribution in [0.15, 0.2) is 36.8 Å². The molecule has 0 saturated heterocycles. The van der Waals surface area contributed by atoms with Crippen LogP contribution >= 0.6 is 11.6 Å². The summed E-state index contributed by atoms with van der Waals surface area (Å²) < 4.78 is 0. The van der Waals surface area contributed by atoms with Crippen LogP contribution in [0, 0.1) is 0 Å². The highest BCUT2D eigenvalue weighted by Gasteiger charge is 2.08. The van der Waals surface area contributed by atoms with E-state index in [9.17, 15) is 4.79 Å². The average molecular weight is 291 g/mol. The Morgan fingerprint density at radius 2 is 2.25 bits per heavy atom. The molecule has 5 nitrogen and oxygen atoms in total. The van der Waals surface area contributed by atoms with E-state index in [4.69, 9.17) is 11.6 Å². The molecule has 2 aromatic heterocycles. The van der Waals surface area contributed by atoms with E-state index in [1.807, 2.05) is 12.1 Å². The number of nitrogens with zero attached hydrogens (tertiary/aromatic N) is 2. The smallest absolute Gasteiger partial charge is 0.252 e. The molecule has 2 heterocycles. The molecule has 20 heavy (non-hydrogen) atoms. The molecular weight excluding hydrogens is 276 g/mol. The molecule has 0 aliphatic heterocycles. The lowest BCUT2D eigenvalue weighted by Crippen LogP contribution is -2.25. The molecule has 0 bridgehead atoms. The third-order valence-corrected chi connectivity index (χ3v) is 3.05. The first-order valence-corrected chi connectivity index (χ1v) is 6.59. The Kier molecular flexibility index (Phi) is 4.90. The molecule has 1 amide bonds. The Balaban J connectivity index is 1.90. The van der Waals surface area contributed by atoms with Gasteiger partial charge in [0.25, 0.3) is 5.91 Å². The molecule has 0 aromatic carbocycles. The number of rotatable bonds is 5. The number of pyridine rings is 2. The first kappa shape index (κ1) is 14.3. The van der Waals surface area contributed by atoms with Gasteiger partial charge in [0.05, 0.1) is 10.6 Å². The number of carbonyl (C=O) groups is 1. The predicted octanol–water partition coefficient (Wildman–Crippen LogP) is 2.14. The first-order chi connectivity index (χ1) is 9.70. The van der Waals surface area contributed by atoms with Gasteiger partial charge in [0, 0.05) is 32.2 Å². The maximum atomic E-state index is 11.9. The molecule has 0 unspecified atom stereocenters. The van der Waals surface area contributed by atoms with Crippen LogP contribution in [-0.4, -0.2) is 29.5 Å². The fourth-order valence-electron chi connectivity index (χ4n) is 1.71. The molecule has 104 valence electrons. The van der Waals surface area contributed by atoms with Crippen molar-refractivity contribution in [3.05, 3.63) is 52.9 Å². The summed E-state index contributed by atoms with van der Waals surface area (Å²) in [5, 5.41) is 6.09. The number of anilines is 1. The van der Waals surface area contributed by atoms with E-state index in [2.05, 4.69) is 20.6 Å². The van der Waals surface area contributed by atoms with E-state index in [-0.39, 0.29) is 5.91 Å². The lowest BCUT2D eigenvalue weighted by Gasteiger charge is -2.07. The van der Waals surface area contributed by atoms with Crippen molar-refractivity contribution < 1.29 is 4.79 Å². The Morgan fingerprint density at radius 3 is 2.90 bits per heavy atom. The minimum Gasteiger partial charge on any atom is -0.372 e. The van der Waals surface area contributed by atoms with Crippen LogP contribution in [0.5, 0.6) is 0 Å². The predicted molar refractivity (Wildman–Crippen MR) is 79.1 cm³/mol. The van der Waals surface area contributed by atoms with Crippen molar-refractivity contribution in [3.63, 3.8) is 0 Å². The average Bonchev–Trinajstić information content (AvgIpc) is 2.48. The summed E-state index contributed by atoms with van der Waals surface area (Å²) in [4.78, 5) is 20.0. The maximum Gasteiger partial charge on any atom is 0.252 e. The summed E-state index contributed by atoms with van der Waals surface area (Å²) in [7, 11) is 1.72. The van der Waals surface area contributed by atoms with Crippen molar-refractivity contribution in [3.8, 4) is 0 Å². The lowest BCUT2D eigenvalue weighted by atomic mass is 10.2. The van der Waals surface area contributed by atoms with Crippen molar-refractivity contribution in [2.75, 3.05) is 18.9 Å². The second kappa shape index (κ2) is 6.86. The van der Waals surface area contributed by atoms with Crippen LogP contribution in [0.1, 0.15) is 15.9 Å². The third-order valence-electron chi connectivity index (χ3n) is 2.76. The highest BCUT2D eigenvalue weighted by Crippen LogP contribution is 2.19. The molecule has 2 N–H and O–H groups in total. The van der Waals surface area contributed by atoms with Crippen LogP contribution in [0.25, 0.3) is 0 Å². The lowest BCUT2D eigenvalue weighted by molar-refractivity contribution is 0.0954. The van der Waals surface area contributed by atoms with Crippen LogP contribution in [-0.2, 0) is 6.42 Å². The number of hydrogen-bond donors (Lipinski definition) is 2. The summed E-state index contributed by atoms with van der Waals surface area (Å²) in [6.07, 6.45) is 5.73. The summed E-state index contributed by atoms with van der Waals surface area (Å²) in [6, 6.07) is 5.44. The monoisotopic (exact) mass is 290 g/mol. The Morgan fingerprint density at radius 1 is 1.40 bits per heavy atom. The summed E-state index contributed by atoms with van der Waals surface area (Å²) in [5.74, 6) is 0.365. The van der Waals surface area contributed by atoms with Gasteiger partial charge in [0.1, 0.15) is 5.82 Å². The standard InChI is InChI=1S/C14H15ClN4O/c1-16-13-12(15)7-11(9-19-13)14(20)18-6-4-10-3-2-5-17-8-10/h2-3,5,7-9H,4,6H2,1H3,(H,16,19)(H,18,20). The SMILES string of the molecule is CNc1ncc(C(=O)NCCc2cccnc2)cc1Cl. The number of halogens is 1. The van der Waals surface area contributed by atoms with Gasteiger partial charge in [-0.15, -0.1) is 0 Å². The minimum atomic E-state index is -0.189. The van der Waals surface area contributed by atoms with Gasteiger partial charge in [-0.1, -0.05) is 17.7 Å². The molecule has 0 atom stereocenters. The Hall–Kier alpha value is -2.14. The van der Waals surface area contributed by atoms with Gasteiger partial charge in [-0.3, -0.25) is 9.78 Å². The largest absolute Gasteiger partial charge is 0.372 e. The van der Waals surface area contributed by atoms with Crippen molar-refractivity contribution in [1.82, 2.24) is 15.3 Å². The van der Waals surface area contributed by atoms with Crippen molar-refractivity contribution in [2.45, 2.75) is 6.42 Å². The topological polar surface area (TPSA) is 66.9 Å². The summed E-state index contributed by atoms with van der Waals surface area (Å²) >= 11 is 5.99. The van der Waals surface area contributed by atoms with Crippen molar-refractivity contribution in [1.29, 1.82) is 0 Å². The van der Waals surface area contributed by atoms with Crippen LogP contribution in [0.3, 0.4) is 0 Å². The second-order valence-electron chi connectivity index (χ2n) is 4.17. The normalized spacial score (nSPS) is 10.1. The molecule has 2 rings (SSSR count). The van der Waals surface area contributed by atoms with E-state index >= 15 is 0 Å². The molecule has 0 spiro atoms. The number of hydrogen-bond acceptors (Lipinski definition) is 4. The fraction of sp³-hybridized carbons (Fsp3) is 0.214. The zero-order valence-electron chi connectivity index (χ0n) is 11.1. The van der Waals surface area contributed by atoms with Gasteiger partial charge < -0.3 is 10.6 Å². The quantitative estimate of drug-likeness (QED) is 0.885. The van der Waals surface area contributed by atoms with Gasteiger partial charge in [0.15, 0.2) is 0 Å². The first-order valence-electron chi connectivity index (χ1n) is 6.21. The zero-order chi connectivity index (χ0) is 14.4. The van der Waals surface area contributed by atoms with Crippen LogP contribution < -0.4 is 10.6 Å². The van der Waals surface area contributed by atoms with E-state index in [1.165, 1.54) is 6.20 Å². The molecule has 6 heteroatoms. The molecular formula is C14H15ClN4O. The second-order valence-corrected chi connectivity index (χ2v) is 4.58. The third kappa shape index (κ3) is 3.68. The zero-order valence-corrected chi connectivity index (χ0v) is 11.8. The van der Waals surface area contributed by atoms with Gasteiger partial charge in [-0.25, -0.2) is 4.98 Å². The van der Waals surface area contributed by atoms with Crippen LogP contribution in [0.2, 0.25) is 5.02 Å². The van der Waals surface area contributed by atoms with E-state index < -0.39 is 0 Å². The van der Waals surface area contributed by atoms with E-state index in [1.54, 1.807) is 25.5 Å². The summed E-state index contributed by atoms with van der Waals surface area (Å²) in [5.41, 5.74) is 1.52. The van der Waals surface area contributed by atoms with Gasteiger partial charge in [-0.2, -0.15) is 0 Å². The molecule has 0 aliphatic rings. The van der Waals surface area contributed by atoms with Crippen molar-refractivity contribution in [2.24, 2.45) is 0 Å². The summed E-state index contributed by atoms with van der Waals surface area (Å²) in [6.45, 7) is 0.538. The van der Waals surface area contributed by atoms with Crippen LogP contribution in [0.4, 0.5) is 5.82 Å².